The maximum atomic E-state index is 10.5. The molecule has 3 heteroatoms. The molecule has 0 aromatic rings. The third-order valence-corrected chi connectivity index (χ3v) is 1.85. The molecule has 0 bridgehead atoms. The van der Waals surface area contributed by atoms with E-state index < -0.39 is 5.97 Å². The van der Waals surface area contributed by atoms with Gasteiger partial charge in [0.25, 0.3) is 0 Å². The molecule has 0 aliphatic heterocycles. The topological polar surface area (TPSA) is 54.4 Å². The molecule has 0 unspecified atom stereocenters. The first-order valence-corrected chi connectivity index (χ1v) is 3.59. The van der Waals surface area contributed by atoms with E-state index in [4.69, 9.17) is 5.11 Å². The van der Waals surface area contributed by atoms with Gasteiger partial charge in [-0.3, -0.25) is 4.79 Å². The summed E-state index contributed by atoms with van der Waals surface area (Å²) in [6, 6.07) is 0. The Hall–Kier alpha value is -1.12. The summed E-state index contributed by atoms with van der Waals surface area (Å²) < 4.78 is 0. The van der Waals surface area contributed by atoms with Crippen molar-refractivity contribution in [3.05, 3.63) is 11.1 Å². The Kier molecular flexibility index (Phi) is 2.41. The lowest BCUT2D eigenvalue weighted by Gasteiger charge is -2.11. The van der Waals surface area contributed by atoms with Gasteiger partial charge in [0.15, 0.2) is 0 Å². The quantitative estimate of drug-likeness (QED) is 0.645. The van der Waals surface area contributed by atoms with Crippen LogP contribution in [0.15, 0.2) is 11.1 Å². The Labute approximate surface area is 64.7 Å². The van der Waals surface area contributed by atoms with E-state index in [0.717, 1.165) is 12.8 Å². The highest BCUT2D eigenvalue weighted by Crippen LogP contribution is 2.23. The fraction of sp³-hybridized carbons (Fsp3) is 0.500. The van der Waals surface area contributed by atoms with Crippen molar-refractivity contribution in [2.45, 2.75) is 25.7 Å². The van der Waals surface area contributed by atoms with Crippen LogP contribution in [0.1, 0.15) is 25.7 Å². The van der Waals surface area contributed by atoms with Gasteiger partial charge < -0.3 is 5.11 Å². The van der Waals surface area contributed by atoms with Crippen molar-refractivity contribution in [2.75, 3.05) is 0 Å². The molecule has 0 atom stereocenters. The minimum Gasteiger partial charge on any atom is -0.478 e. The van der Waals surface area contributed by atoms with Crippen LogP contribution in [-0.4, -0.2) is 17.4 Å². The lowest BCUT2D eigenvalue weighted by molar-refractivity contribution is -0.132. The van der Waals surface area contributed by atoms with E-state index in [9.17, 15) is 9.59 Å². The summed E-state index contributed by atoms with van der Waals surface area (Å²) in [5.74, 6) is -0.969. The predicted molar refractivity (Wildman–Crippen MR) is 38.8 cm³/mol. The SMILES string of the molecule is O=[C]C1=C(C(=O)O)CCCC1. The number of carbonyl (C=O) groups excluding carboxylic acids is 1. The smallest absolute Gasteiger partial charge is 0.331 e. The van der Waals surface area contributed by atoms with Crippen LogP contribution in [0.2, 0.25) is 0 Å². The summed E-state index contributed by atoms with van der Waals surface area (Å²) in [5, 5.41) is 8.60. The average molecular weight is 153 g/mol. The first-order valence-electron chi connectivity index (χ1n) is 3.59. The zero-order valence-corrected chi connectivity index (χ0v) is 6.09. The van der Waals surface area contributed by atoms with E-state index in [1.165, 1.54) is 0 Å². The maximum Gasteiger partial charge on any atom is 0.331 e. The Balaban J connectivity index is 2.90. The largest absolute Gasteiger partial charge is 0.478 e. The molecule has 0 aromatic heterocycles. The summed E-state index contributed by atoms with van der Waals surface area (Å²) in [6.45, 7) is 0. The number of carbonyl (C=O) groups is 1. The predicted octanol–water partition coefficient (Wildman–Crippen LogP) is 1.05. The highest BCUT2D eigenvalue weighted by atomic mass is 16.4. The number of hydrogen-bond donors (Lipinski definition) is 1. The molecule has 1 aliphatic carbocycles. The maximum absolute atomic E-state index is 10.5. The molecule has 0 fully saturated rings. The van der Waals surface area contributed by atoms with Crippen molar-refractivity contribution in [1.29, 1.82) is 0 Å². The molecule has 0 aromatic carbocycles. The van der Waals surface area contributed by atoms with Crippen LogP contribution < -0.4 is 0 Å². The average Bonchev–Trinajstić information content (AvgIpc) is 2.04. The molecule has 0 saturated heterocycles. The standard InChI is InChI=1S/C8H9O3/c9-5-6-3-1-2-4-7(6)8(10)11/h1-4H2,(H,10,11). The van der Waals surface area contributed by atoms with Crippen LogP contribution in [-0.2, 0) is 9.59 Å². The van der Waals surface area contributed by atoms with E-state index in [-0.39, 0.29) is 5.57 Å². The fourth-order valence-corrected chi connectivity index (χ4v) is 1.25. The molecule has 0 amide bonds. The van der Waals surface area contributed by atoms with Crippen molar-refractivity contribution < 1.29 is 14.7 Å². The molecule has 1 radical (unpaired) electrons. The molecule has 0 saturated carbocycles. The van der Waals surface area contributed by atoms with Crippen molar-refractivity contribution in [1.82, 2.24) is 0 Å². The van der Waals surface area contributed by atoms with Crippen molar-refractivity contribution in [3.63, 3.8) is 0 Å². The second kappa shape index (κ2) is 3.32. The highest BCUT2D eigenvalue weighted by molar-refractivity contribution is 5.94. The van der Waals surface area contributed by atoms with Gasteiger partial charge in [0, 0.05) is 11.1 Å². The second-order valence-corrected chi connectivity index (χ2v) is 2.57. The molecule has 1 aliphatic rings. The Morgan fingerprint density at radius 3 is 2.45 bits per heavy atom. The van der Waals surface area contributed by atoms with Gasteiger partial charge in [-0.1, -0.05) is 0 Å². The van der Waals surface area contributed by atoms with Gasteiger partial charge in [0.2, 0.25) is 6.29 Å². The summed E-state index contributed by atoms with van der Waals surface area (Å²) in [7, 11) is 0. The number of carboxylic acids is 1. The van der Waals surface area contributed by atoms with E-state index in [0.29, 0.717) is 18.4 Å². The van der Waals surface area contributed by atoms with Gasteiger partial charge >= 0.3 is 5.97 Å². The van der Waals surface area contributed by atoms with E-state index in [2.05, 4.69) is 0 Å². The third kappa shape index (κ3) is 1.67. The Morgan fingerprint density at radius 2 is 2.00 bits per heavy atom. The van der Waals surface area contributed by atoms with Gasteiger partial charge in [-0.2, -0.15) is 0 Å². The number of aliphatic carboxylic acids is 1. The van der Waals surface area contributed by atoms with Gasteiger partial charge in [-0.15, -0.1) is 0 Å². The lowest BCUT2D eigenvalue weighted by atomic mass is 9.93. The van der Waals surface area contributed by atoms with E-state index >= 15 is 0 Å². The minimum atomic E-state index is -0.969. The zero-order chi connectivity index (χ0) is 8.27. The van der Waals surface area contributed by atoms with Crippen molar-refractivity contribution >= 4 is 12.3 Å². The molecule has 11 heavy (non-hydrogen) atoms. The molecule has 59 valence electrons. The molecule has 1 N–H and O–H groups in total. The third-order valence-electron chi connectivity index (χ3n) is 1.85. The highest BCUT2D eigenvalue weighted by Gasteiger charge is 2.17. The summed E-state index contributed by atoms with van der Waals surface area (Å²) in [5.41, 5.74) is 0.606. The first kappa shape index (κ1) is 7.98. The van der Waals surface area contributed by atoms with Crippen LogP contribution in [0.25, 0.3) is 0 Å². The van der Waals surface area contributed by atoms with E-state index in [1.54, 1.807) is 6.29 Å². The normalized spacial score (nSPS) is 18.2. The molecular weight excluding hydrogens is 144 g/mol. The molecule has 1 rings (SSSR count). The first-order chi connectivity index (χ1) is 5.25. The van der Waals surface area contributed by atoms with Crippen LogP contribution in [0.4, 0.5) is 0 Å². The lowest BCUT2D eigenvalue weighted by Crippen LogP contribution is -2.09. The second-order valence-electron chi connectivity index (χ2n) is 2.57. The fourth-order valence-electron chi connectivity index (χ4n) is 1.25. The van der Waals surface area contributed by atoms with Crippen LogP contribution >= 0.6 is 0 Å². The number of allylic oxidation sites excluding steroid dienone is 1. The van der Waals surface area contributed by atoms with Crippen LogP contribution in [0, 0.1) is 0 Å². The van der Waals surface area contributed by atoms with Gasteiger partial charge in [0.1, 0.15) is 0 Å². The molecular formula is C8H9O3. The van der Waals surface area contributed by atoms with Crippen molar-refractivity contribution in [2.24, 2.45) is 0 Å². The number of hydrogen-bond acceptors (Lipinski definition) is 2. The van der Waals surface area contributed by atoms with Crippen LogP contribution in [0.5, 0.6) is 0 Å². The minimum absolute atomic E-state index is 0.256. The Bertz CT molecular complexity index is 215. The summed E-state index contributed by atoms with van der Waals surface area (Å²) in [6.07, 6.45) is 4.54. The zero-order valence-electron chi connectivity index (χ0n) is 6.09. The van der Waals surface area contributed by atoms with Crippen molar-refractivity contribution in [3.8, 4) is 0 Å². The molecule has 3 nitrogen and oxygen atoms in total. The van der Waals surface area contributed by atoms with Gasteiger partial charge in [-0.05, 0) is 25.7 Å². The molecule has 0 heterocycles. The van der Waals surface area contributed by atoms with Gasteiger partial charge in [0.05, 0.1) is 0 Å². The van der Waals surface area contributed by atoms with Crippen LogP contribution in [0.3, 0.4) is 0 Å². The van der Waals surface area contributed by atoms with E-state index in [1.807, 2.05) is 0 Å². The Morgan fingerprint density at radius 1 is 1.36 bits per heavy atom. The van der Waals surface area contributed by atoms with Gasteiger partial charge in [-0.25, -0.2) is 4.79 Å². The monoisotopic (exact) mass is 153 g/mol. The number of rotatable bonds is 2. The molecule has 0 spiro atoms. The summed E-state index contributed by atoms with van der Waals surface area (Å²) in [4.78, 5) is 20.7. The number of carboxylic acid groups (broad SMARTS) is 1. The summed E-state index contributed by atoms with van der Waals surface area (Å²) >= 11 is 0.